The minimum absolute atomic E-state index is 0.0415. The van der Waals surface area contributed by atoms with Crippen molar-refractivity contribution in [1.29, 1.82) is 0 Å². The van der Waals surface area contributed by atoms with Crippen molar-refractivity contribution >= 4 is 35.2 Å². The molecule has 4 rings (SSSR count). The van der Waals surface area contributed by atoms with E-state index in [4.69, 9.17) is 10.5 Å². The lowest BCUT2D eigenvalue weighted by Crippen LogP contribution is -2.50. The van der Waals surface area contributed by atoms with E-state index < -0.39 is 53.5 Å². The molecule has 2 aromatic carbocycles. The first-order valence-electron chi connectivity index (χ1n) is 11.5. The van der Waals surface area contributed by atoms with E-state index in [1.54, 1.807) is 18.2 Å². The smallest absolute Gasteiger partial charge is 0.318 e. The van der Waals surface area contributed by atoms with E-state index in [9.17, 15) is 28.4 Å². The van der Waals surface area contributed by atoms with Gasteiger partial charge in [0.2, 0.25) is 17.4 Å². The van der Waals surface area contributed by atoms with Crippen LogP contribution >= 0.6 is 0 Å². The van der Waals surface area contributed by atoms with Gasteiger partial charge in [0, 0.05) is 31.3 Å². The highest BCUT2D eigenvalue weighted by molar-refractivity contribution is 6.15. The molecule has 37 heavy (non-hydrogen) atoms. The zero-order valence-corrected chi connectivity index (χ0v) is 20.2. The van der Waals surface area contributed by atoms with Crippen LogP contribution in [-0.2, 0) is 42.5 Å². The summed E-state index contributed by atoms with van der Waals surface area (Å²) in [5.41, 5.74) is 5.44. The van der Waals surface area contributed by atoms with Crippen LogP contribution < -0.4 is 16.4 Å². The predicted molar refractivity (Wildman–Crippen MR) is 128 cm³/mol. The van der Waals surface area contributed by atoms with Crippen molar-refractivity contribution in [2.24, 2.45) is 5.73 Å². The van der Waals surface area contributed by atoms with Crippen LogP contribution in [-0.4, -0.2) is 65.7 Å². The van der Waals surface area contributed by atoms with Crippen LogP contribution in [0.2, 0.25) is 0 Å². The number of ketones is 1. The van der Waals surface area contributed by atoms with Gasteiger partial charge < -0.3 is 30.9 Å². The van der Waals surface area contributed by atoms with E-state index in [1.807, 2.05) is 0 Å². The van der Waals surface area contributed by atoms with Crippen LogP contribution in [0, 0.1) is 5.82 Å². The second-order valence-corrected chi connectivity index (χ2v) is 8.86. The Balaban J connectivity index is 1.54. The van der Waals surface area contributed by atoms with Gasteiger partial charge in [-0.05, 0) is 42.3 Å². The number of urea groups is 1. The molecule has 194 valence electrons. The van der Waals surface area contributed by atoms with Gasteiger partial charge >= 0.3 is 6.03 Å². The first-order chi connectivity index (χ1) is 17.6. The number of amides is 5. The molecule has 1 fully saturated rings. The van der Waals surface area contributed by atoms with E-state index in [-0.39, 0.29) is 19.7 Å². The van der Waals surface area contributed by atoms with Crippen molar-refractivity contribution in [2.75, 3.05) is 25.6 Å². The van der Waals surface area contributed by atoms with Crippen LogP contribution in [0.3, 0.4) is 0 Å². The molecular formula is C25H26FN5O6. The Morgan fingerprint density at radius 3 is 2.54 bits per heavy atom. The fraction of sp³-hybridized carbons (Fsp3) is 0.320. The summed E-state index contributed by atoms with van der Waals surface area (Å²) < 4.78 is 19.0. The first kappa shape index (κ1) is 25.8. The fourth-order valence-electron chi connectivity index (χ4n) is 4.47. The molecule has 2 atom stereocenters. The second-order valence-electron chi connectivity index (χ2n) is 8.86. The van der Waals surface area contributed by atoms with Gasteiger partial charge in [-0.15, -0.1) is 0 Å². The van der Waals surface area contributed by atoms with Crippen LogP contribution in [0.15, 0.2) is 42.5 Å². The van der Waals surface area contributed by atoms with Gasteiger partial charge in [-0.25, -0.2) is 9.18 Å². The van der Waals surface area contributed by atoms with Crippen molar-refractivity contribution in [3.8, 4) is 0 Å². The first-order valence-corrected chi connectivity index (χ1v) is 11.5. The molecule has 1 saturated heterocycles. The van der Waals surface area contributed by atoms with Crippen LogP contribution in [0.1, 0.15) is 23.6 Å². The van der Waals surface area contributed by atoms with Crippen LogP contribution in [0.25, 0.3) is 0 Å². The summed E-state index contributed by atoms with van der Waals surface area (Å²) >= 11 is 0. The number of halogens is 1. The summed E-state index contributed by atoms with van der Waals surface area (Å²) in [6.45, 7) is 0.635. The Labute approximate surface area is 211 Å². The van der Waals surface area contributed by atoms with Crippen LogP contribution in [0.4, 0.5) is 14.9 Å². The number of nitrogens with zero attached hydrogens (tertiary/aromatic N) is 2. The number of rotatable bonds is 7. The molecule has 1 spiro atoms. The molecule has 12 heteroatoms. The molecule has 5 amide bonds. The number of ether oxygens (including phenoxy) is 1. The molecule has 0 saturated carbocycles. The lowest BCUT2D eigenvalue weighted by Gasteiger charge is -2.29. The number of hydrogen-bond acceptors (Lipinski definition) is 6. The summed E-state index contributed by atoms with van der Waals surface area (Å²) in [4.78, 5) is 65.5. The number of carbonyl (C=O) groups is 5. The number of fused-ring (bicyclic) bond motifs is 2. The van der Waals surface area contributed by atoms with Crippen molar-refractivity contribution in [3.63, 3.8) is 0 Å². The van der Waals surface area contributed by atoms with Gasteiger partial charge in [0.15, 0.2) is 5.78 Å². The third-order valence-electron chi connectivity index (χ3n) is 6.53. The Morgan fingerprint density at radius 2 is 1.89 bits per heavy atom. The topological polar surface area (TPSA) is 151 Å². The average molecular weight is 512 g/mol. The maximum Gasteiger partial charge on any atom is 0.318 e. The maximum absolute atomic E-state index is 13.5. The summed E-state index contributed by atoms with van der Waals surface area (Å²) in [5, 5.41) is 5.04. The highest BCUT2D eigenvalue weighted by atomic mass is 19.1. The van der Waals surface area contributed by atoms with Gasteiger partial charge in [0.1, 0.15) is 25.1 Å². The second kappa shape index (κ2) is 9.97. The lowest BCUT2D eigenvalue weighted by molar-refractivity contribution is -0.149. The number of nitrogens with two attached hydrogens (primary N) is 1. The van der Waals surface area contributed by atoms with Gasteiger partial charge in [0.25, 0.3) is 5.91 Å². The molecule has 0 aromatic heterocycles. The van der Waals surface area contributed by atoms with Gasteiger partial charge in [-0.3, -0.25) is 19.2 Å². The highest BCUT2D eigenvalue weighted by Crippen LogP contribution is 2.43. The molecule has 1 aliphatic carbocycles. The largest absolute Gasteiger partial charge is 0.368 e. The van der Waals surface area contributed by atoms with Crippen LogP contribution in [0.5, 0.6) is 0 Å². The SMILES string of the molecule is CNC(=O)Nc1ccc2c(c1)CC(=O)[C@]21OCN(CC(=O)N(Cc2ccc(F)cc2)[C@@H](C)C(N)=O)C1=O. The minimum Gasteiger partial charge on any atom is -0.368 e. The quantitative estimate of drug-likeness (QED) is 0.464. The number of carbonyl (C=O) groups excluding carboxylic acids is 5. The van der Waals surface area contributed by atoms with Gasteiger partial charge in [0.05, 0.1) is 0 Å². The molecule has 0 radical (unpaired) electrons. The monoisotopic (exact) mass is 511 g/mol. The molecule has 2 aliphatic rings. The molecule has 0 bridgehead atoms. The molecule has 1 aliphatic heterocycles. The van der Waals surface area contributed by atoms with Crippen molar-refractivity contribution < 1.29 is 33.1 Å². The van der Waals surface area contributed by atoms with Crippen molar-refractivity contribution in [1.82, 2.24) is 15.1 Å². The fourth-order valence-corrected chi connectivity index (χ4v) is 4.47. The molecule has 1 heterocycles. The molecule has 4 N–H and O–H groups in total. The standard InChI is InChI=1S/C25H26FN5O6/c1-14(22(27)34)31(11-15-3-5-17(26)6-4-15)21(33)12-30-13-37-25(23(30)35)19-8-7-18(29-24(36)28-2)9-16(19)10-20(25)32/h3-9,14H,10-13H2,1-2H3,(H2,27,34)(H2,28,29,36)/t14-,25+/m0/s1. The van der Waals surface area contributed by atoms with E-state index in [0.29, 0.717) is 22.4 Å². The third-order valence-corrected chi connectivity index (χ3v) is 6.53. The zero-order valence-electron chi connectivity index (χ0n) is 20.2. The summed E-state index contributed by atoms with van der Waals surface area (Å²) in [6.07, 6.45) is -0.0818. The number of primary amides is 1. The zero-order chi connectivity index (χ0) is 26.9. The van der Waals surface area contributed by atoms with Gasteiger partial charge in [-0.2, -0.15) is 0 Å². The number of benzene rings is 2. The molecule has 0 unspecified atom stereocenters. The van der Waals surface area contributed by atoms with Crippen molar-refractivity contribution in [2.45, 2.75) is 31.5 Å². The molecule has 2 aromatic rings. The maximum atomic E-state index is 13.5. The van der Waals surface area contributed by atoms with Crippen molar-refractivity contribution in [3.05, 3.63) is 65.0 Å². The Bertz CT molecular complexity index is 1280. The summed E-state index contributed by atoms with van der Waals surface area (Å²) in [7, 11) is 1.47. The predicted octanol–water partition coefficient (Wildman–Crippen LogP) is 0.616. The third kappa shape index (κ3) is 4.75. The lowest BCUT2D eigenvalue weighted by atomic mass is 9.94. The summed E-state index contributed by atoms with van der Waals surface area (Å²) in [5.74, 6) is -2.97. The molecular weight excluding hydrogens is 485 g/mol. The van der Waals surface area contributed by atoms with E-state index in [1.165, 1.54) is 43.1 Å². The van der Waals surface area contributed by atoms with E-state index in [0.717, 1.165) is 4.90 Å². The van der Waals surface area contributed by atoms with E-state index in [2.05, 4.69) is 10.6 Å². The highest BCUT2D eigenvalue weighted by Gasteiger charge is 2.59. The number of hydrogen-bond donors (Lipinski definition) is 3. The number of anilines is 1. The number of Topliss-reactive ketones (excluding diaryl/α,β-unsaturated/α-hetero) is 1. The van der Waals surface area contributed by atoms with Gasteiger partial charge in [-0.1, -0.05) is 18.2 Å². The Morgan fingerprint density at radius 1 is 1.19 bits per heavy atom. The minimum atomic E-state index is -1.88. The Kier molecular flexibility index (Phi) is 6.94. The average Bonchev–Trinajstić information content (AvgIpc) is 3.34. The van der Waals surface area contributed by atoms with E-state index >= 15 is 0 Å². The Hall–Kier alpha value is -4.32. The summed E-state index contributed by atoms with van der Waals surface area (Å²) in [6, 6.07) is 8.66. The normalized spacial score (nSPS) is 19.1. The number of nitrogens with one attached hydrogen (secondary N) is 2. The molecule has 11 nitrogen and oxygen atoms in total.